The van der Waals surface area contributed by atoms with E-state index in [-0.39, 0.29) is 5.97 Å². The third kappa shape index (κ3) is 33.5. The maximum Gasteiger partial charge on any atom is 0.305 e. The van der Waals surface area contributed by atoms with Crippen LogP contribution in [0.15, 0.2) is 0 Å². The fraction of sp³-hybridized carbons (Fsp3) is 0.972. The highest BCUT2D eigenvalue weighted by molar-refractivity contribution is 5.69. The average Bonchev–Trinajstić information content (AvgIpc) is 2.88. The van der Waals surface area contributed by atoms with Gasteiger partial charge in [-0.2, -0.15) is 0 Å². The predicted molar refractivity (Wildman–Crippen MR) is 170 cm³/mol. The minimum atomic E-state index is 0.0262. The van der Waals surface area contributed by atoms with Crippen molar-refractivity contribution in [2.45, 2.75) is 207 Å². The molecule has 0 bridgehead atoms. The highest BCUT2D eigenvalue weighted by atomic mass is 16.5. The Morgan fingerprint density at radius 3 is 0.974 bits per heavy atom. The lowest BCUT2D eigenvalue weighted by Crippen LogP contribution is -2.05. The summed E-state index contributed by atoms with van der Waals surface area (Å²) < 4.78 is 5.44. The monoisotopic (exact) mass is 537 g/mol. The molecular formula is C36H72O2. The molecule has 0 spiro atoms. The Morgan fingerprint density at radius 1 is 0.395 bits per heavy atom. The van der Waals surface area contributed by atoms with Crippen molar-refractivity contribution in [2.24, 2.45) is 11.8 Å². The summed E-state index contributed by atoms with van der Waals surface area (Å²) in [5, 5.41) is 0. The van der Waals surface area contributed by atoms with Crippen LogP contribution in [0.1, 0.15) is 207 Å². The Balaban J connectivity index is 3.16. The predicted octanol–water partition coefficient (Wildman–Crippen LogP) is 12.8. The highest BCUT2D eigenvalue weighted by Gasteiger charge is 2.03. The molecule has 2 nitrogen and oxygen atoms in total. The first-order valence-corrected chi connectivity index (χ1v) is 17.7. The molecule has 0 heterocycles. The number of ether oxygens (including phenoxy) is 1. The lowest BCUT2D eigenvalue weighted by molar-refractivity contribution is -0.143. The number of rotatable bonds is 31. The summed E-state index contributed by atoms with van der Waals surface area (Å²) >= 11 is 0. The molecule has 2 heteroatoms. The molecule has 0 radical (unpaired) electrons. The van der Waals surface area contributed by atoms with E-state index in [0.717, 1.165) is 24.7 Å². The van der Waals surface area contributed by atoms with Crippen LogP contribution in [0.2, 0.25) is 0 Å². The first kappa shape index (κ1) is 37.5. The first-order chi connectivity index (χ1) is 18.5. The second-order valence-electron chi connectivity index (χ2n) is 13.2. The third-order valence-corrected chi connectivity index (χ3v) is 8.10. The zero-order chi connectivity index (χ0) is 27.9. The molecule has 0 fully saturated rings. The van der Waals surface area contributed by atoms with Crippen molar-refractivity contribution < 1.29 is 9.53 Å². The van der Waals surface area contributed by atoms with Gasteiger partial charge >= 0.3 is 5.97 Å². The lowest BCUT2D eigenvalue weighted by Gasteiger charge is -2.06. The zero-order valence-corrected chi connectivity index (χ0v) is 27.0. The minimum absolute atomic E-state index is 0.0262. The zero-order valence-electron chi connectivity index (χ0n) is 27.0. The van der Waals surface area contributed by atoms with Gasteiger partial charge in [-0.1, -0.05) is 188 Å². The van der Waals surface area contributed by atoms with Crippen LogP contribution in [0, 0.1) is 11.8 Å². The van der Waals surface area contributed by atoms with Gasteiger partial charge in [-0.05, 0) is 24.7 Å². The van der Waals surface area contributed by atoms with Gasteiger partial charge in [0.05, 0.1) is 6.61 Å². The van der Waals surface area contributed by atoms with E-state index in [1.165, 1.54) is 161 Å². The van der Waals surface area contributed by atoms with Crippen molar-refractivity contribution in [3.05, 3.63) is 0 Å². The van der Waals surface area contributed by atoms with E-state index in [2.05, 4.69) is 27.7 Å². The van der Waals surface area contributed by atoms with Crippen LogP contribution in [-0.4, -0.2) is 12.6 Å². The van der Waals surface area contributed by atoms with Gasteiger partial charge in [0, 0.05) is 6.42 Å². The van der Waals surface area contributed by atoms with Crippen molar-refractivity contribution in [3.8, 4) is 0 Å². The summed E-state index contributed by atoms with van der Waals surface area (Å²) in [7, 11) is 0. The summed E-state index contributed by atoms with van der Waals surface area (Å²) in [5.41, 5.74) is 0. The molecule has 0 N–H and O–H groups in total. The largest absolute Gasteiger partial charge is 0.466 e. The molecule has 0 unspecified atom stereocenters. The molecule has 38 heavy (non-hydrogen) atoms. The smallest absolute Gasteiger partial charge is 0.305 e. The van der Waals surface area contributed by atoms with Gasteiger partial charge in [-0.15, -0.1) is 0 Å². The maximum atomic E-state index is 11.9. The van der Waals surface area contributed by atoms with Crippen LogP contribution in [0.4, 0.5) is 0 Å². The van der Waals surface area contributed by atoms with Crippen molar-refractivity contribution in [1.29, 1.82) is 0 Å². The summed E-state index contributed by atoms with van der Waals surface area (Å²) in [6.45, 7) is 9.95. The average molecular weight is 537 g/mol. The molecule has 0 aromatic rings. The standard InChI is InChI=1S/C36H72O2/c1-34(2)30-26-22-18-14-10-7-5-6-8-12-16-20-24-28-32-36(37)38-33-29-25-21-17-13-9-11-15-19-23-27-31-35(3)4/h34-35H,5-33H2,1-4H3. The molecule has 228 valence electrons. The summed E-state index contributed by atoms with van der Waals surface area (Å²) in [4.78, 5) is 11.9. The molecule has 0 saturated carbocycles. The second-order valence-corrected chi connectivity index (χ2v) is 13.2. The number of carbonyl (C=O) groups excluding carboxylic acids is 1. The Morgan fingerprint density at radius 2 is 0.658 bits per heavy atom. The van der Waals surface area contributed by atoms with E-state index in [9.17, 15) is 4.79 Å². The lowest BCUT2D eigenvalue weighted by atomic mass is 10.0. The molecule has 0 aliphatic rings. The number of esters is 1. The minimum Gasteiger partial charge on any atom is -0.466 e. The fourth-order valence-corrected chi connectivity index (χ4v) is 5.45. The number of hydrogen-bond donors (Lipinski definition) is 0. The molecule has 0 amide bonds. The van der Waals surface area contributed by atoms with Crippen LogP contribution < -0.4 is 0 Å². The number of carbonyl (C=O) groups is 1. The van der Waals surface area contributed by atoms with Crippen LogP contribution in [-0.2, 0) is 9.53 Å². The molecule has 0 aliphatic carbocycles. The van der Waals surface area contributed by atoms with Gasteiger partial charge in [-0.3, -0.25) is 4.79 Å². The molecule has 0 aliphatic heterocycles. The van der Waals surface area contributed by atoms with Gasteiger partial charge in [0.15, 0.2) is 0 Å². The highest BCUT2D eigenvalue weighted by Crippen LogP contribution is 2.16. The number of hydrogen-bond acceptors (Lipinski definition) is 2. The van der Waals surface area contributed by atoms with E-state index >= 15 is 0 Å². The van der Waals surface area contributed by atoms with E-state index in [1.807, 2.05) is 0 Å². The van der Waals surface area contributed by atoms with Gasteiger partial charge in [0.25, 0.3) is 0 Å². The Labute approximate surface area is 241 Å². The van der Waals surface area contributed by atoms with Crippen LogP contribution in [0.5, 0.6) is 0 Å². The van der Waals surface area contributed by atoms with Crippen LogP contribution >= 0.6 is 0 Å². The first-order valence-electron chi connectivity index (χ1n) is 17.7. The van der Waals surface area contributed by atoms with Crippen LogP contribution in [0.25, 0.3) is 0 Å². The maximum absolute atomic E-state index is 11.9. The van der Waals surface area contributed by atoms with Gasteiger partial charge < -0.3 is 4.74 Å². The number of unbranched alkanes of at least 4 members (excludes halogenated alkanes) is 23. The van der Waals surface area contributed by atoms with Crippen LogP contribution in [0.3, 0.4) is 0 Å². The van der Waals surface area contributed by atoms with Crippen molar-refractivity contribution in [2.75, 3.05) is 6.61 Å². The fourth-order valence-electron chi connectivity index (χ4n) is 5.45. The van der Waals surface area contributed by atoms with Gasteiger partial charge in [0.2, 0.25) is 0 Å². The molecular weight excluding hydrogens is 464 g/mol. The topological polar surface area (TPSA) is 26.3 Å². The molecule has 0 rings (SSSR count). The summed E-state index contributed by atoms with van der Waals surface area (Å²) in [6, 6.07) is 0. The SMILES string of the molecule is CC(C)CCCCCCCCCCCCCCCCC(=O)OCCCCCCCCCCCCCC(C)C. The van der Waals surface area contributed by atoms with Gasteiger partial charge in [-0.25, -0.2) is 0 Å². The van der Waals surface area contributed by atoms with Gasteiger partial charge in [0.1, 0.15) is 0 Å². The van der Waals surface area contributed by atoms with Crippen molar-refractivity contribution in [3.63, 3.8) is 0 Å². The molecule has 0 aromatic heterocycles. The Kier molecular flexibility index (Phi) is 30.6. The third-order valence-electron chi connectivity index (χ3n) is 8.10. The quantitative estimate of drug-likeness (QED) is 0.0650. The normalized spacial score (nSPS) is 11.6. The van der Waals surface area contributed by atoms with E-state index in [1.54, 1.807) is 0 Å². The van der Waals surface area contributed by atoms with E-state index in [4.69, 9.17) is 4.74 Å². The Hall–Kier alpha value is -0.530. The molecule has 0 saturated heterocycles. The van der Waals surface area contributed by atoms with E-state index in [0.29, 0.717) is 13.0 Å². The Bertz CT molecular complexity index is 456. The molecule has 0 atom stereocenters. The van der Waals surface area contributed by atoms with E-state index < -0.39 is 0 Å². The van der Waals surface area contributed by atoms with Crippen molar-refractivity contribution in [1.82, 2.24) is 0 Å². The second kappa shape index (κ2) is 31.0. The van der Waals surface area contributed by atoms with Crippen molar-refractivity contribution >= 4 is 5.97 Å². The summed E-state index contributed by atoms with van der Waals surface area (Å²) in [5.74, 6) is 1.77. The molecule has 0 aromatic carbocycles. The summed E-state index contributed by atoms with van der Waals surface area (Å²) in [6.07, 6.45) is 37.3.